The summed E-state index contributed by atoms with van der Waals surface area (Å²) in [5.41, 5.74) is 1.11. The van der Waals surface area contributed by atoms with Crippen LogP contribution >= 0.6 is 35.6 Å². The molecule has 0 saturated carbocycles. The average molecular weight is 396 g/mol. The van der Waals surface area contributed by atoms with Gasteiger partial charge < -0.3 is 10.2 Å². The van der Waals surface area contributed by atoms with Gasteiger partial charge in [-0.05, 0) is 25.0 Å². The molecule has 0 heterocycles. The third kappa shape index (κ3) is 6.47. The van der Waals surface area contributed by atoms with Gasteiger partial charge in [-0.15, -0.1) is 24.0 Å². The van der Waals surface area contributed by atoms with E-state index in [1.807, 2.05) is 31.3 Å². The Balaban J connectivity index is 0.00000324. The minimum atomic E-state index is 0. The van der Waals surface area contributed by atoms with Crippen LogP contribution in [-0.2, 0) is 6.54 Å². The van der Waals surface area contributed by atoms with Crippen molar-refractivity contribution in [3.05, 3.63) is 34.9 Å². The molecule has 0 unspecified atom stereocenters. The van der Waals surface area contributed by atoms with Crippen LogP contribution in [0.2, 0.25) is 5.02 Å². The van der Waals surface area contributed by atoms with Gasteiger partial charge in [0.25, 0.3) is 0 Å². The Morgan fingerprint density at radius 1 is 1.32 bits per heavy atom. The van der Waals surface area contributed by atoms with Crippen molar-refractivity contribution in [2.45, 2.75) is 26.8 Å². The summed E-state index contributed by atoms with van der Waals surface area (Å²) in [6, 6.07) is 7.91. The van der Waals surface area contributed by atoms with Crippen molar-refractivity contribution in [2.75, 3.05) is 20.1 Å². The van der Waals surface area contributed by atoms with Gasteiger partial charge >= 0.3 is 0 Å². The van der Waals surface area contributed by atoms with E-state index >= 15 is 0 Å². The van der Waals surface area contributed by atoms with Gasteiger partial charge in [-0.2, -0.15) is 0 Å². The lowest BCUT2D eigenvalue weighted by atomic mass is 10.2. The lowest BCUT2D eigenvalue weighted by Gasteiger charge is -2.22. The normalized spacial score (nSPS) is 10.8. The molecule has 0 radical (unpaired) electrons. The average Bonchev–Trinajstić information content (AvgIpc) is 2.37. The molecule has 0 bridgehead atoms. The first kappa shape index (κ1) is 18.5. The highest BCUT2D eigenvalue weighted by Gasteiger charge is 2.07. The lowest BCUT2D eigenvalue weighted by Crippen LogP contribution is -2.38. The zero-order valence-corrected chi connectivity index (χ0v) is 14.9. The van der Waals surface area contributed by atoms with Crippen molar-refractivity contribution in [1.29, 1.82) is 0 Å². The first-order chi connectivity index (χ1) is 8.69. The van der Waals surface area contributed by atoms with Crippen molar-refractivity contribution >= 4 is 41.5 Å². The molecule has 108 valence electrons. The Hall–Kier alpha value is -0.490. The first-order valence-electron chi connectivity index (χ1n) is 6.41. The minimum Gasteiger partial charge on any atom is -0.357 e. The van der Waals surface area contributed by atoms with Crippen LogP contribution in [-0.4, -0.2) is 31.0 Å². The fourth-order valence-electron chi connectivity index (χ4n) is 1.64. The van der Waals surface area contributed by atoms with Crippen molar-refractivity contribution in [1.82, 2.24) is 10.2 Å². The fourth-order valence-corrected chi connectivity index (χ4v) is 1.84. The largest absolute Gasteiger partial charge is 0.357 e. The van der Waals surface area contributed by atoms with Crippen LogP contribution in [0.5, 0.6) is 0 Å². The van der Waals surface area contributed by atoms with Gasteiger partial charge in [-0.25, -0.2) is 0 Å². The van der Waals surface area contributed by atoms with Crippen LogP contribution in [0.1, 0.15) is 25.8 Å². The summed E-state index contributed by atoms with van der Waals surface area (Å²) in [5.74, 6) is 0.930. The maximum atomic E-state index is 6.17. The smallest absolute Gasteiger partial charge is 0.193 e. The van der Waals surface area contributed by atoms with E-state index in [1.165, 1.54) is 0 Å². The van der Waals surface area contributed by atoms with Gasteiger partial charge in [0.05, 0.1) is 0 Å². The number of halogens is 2. The lowest BCUT2D eigenvalue weighted by molar-refractivity contribution is 0.477. The van der Waals surface area contributed by atoms with Gasteiger partial charge in [0.15, 0.2) is 5.96 Å². The van der Waals surface area contributed by atoms with E-state index in [0.717, 1.165) is 42.6 Å². The van der Waals surface area contributed by atoms with E-state index in [2.05, 4.69) is 29.1 Å². The van der Waals surface area contributed by atoms with Gasteiger partial charge in [-0.1, -0.05) is 36.7 Å². The molecule has 5 heteroatoms. The van der Waals surface area contributed by atoms with Gasteiger partial charge in [-0.3, -0.25) is 4.99 Å². The summed E-state index contributed by atoms with van der Waals surface area (Å²) in [7, 11) is 2.03. The van der Waals surface area contributed by atoms with E-state index in [9.17, 15) is 0 Å². The van der Waals surface area contributed by atoms with Crippen LogP contribution in [0, 0.1) is 0 Å². The Labute approximate surface area is 138 Å². The first-order valence-corrected chi connectivity index (χ1v) is 6.79. The highest BCUT2D eigenvalue weighted by molar-refractivity contribution is 14.0. The predicted octanol–water partition coefficient (Wildman–Crippen LogP) is 3.77. The highest BCUT2D eigenvalue weighted by Crippen LogP contribution is 2.16. The number of guanidine groups is 1. The summed E-state index contributed by atoms with van der Waals surface area (Å²) >= 11 is 6.17. The zero-order valence-electron chi connectivity index (χ0n) is 11.8. The van der Waals surface area contributed by atoms with Crippen molar-refractivity contribution in [3.63, 3.8) is 0 Å². The second-order valence-corrected chi connectivity index (χ2v) is 4.59. The maximum absolute atomic E-state index is 6.17. The number of aliphatic imine (C=N–C) groups is 1. The summed E-state index contributed by atoms with van der Waals surface area (Å²) in [6.45, 7) is 6.67. The number of hydrogen-bond donors (Lipinski definition) is 1. The molecule has 0 amide bonds. The molecular formula is C14H23ClIN3. The second-order valence-electron chi connectivity index (χ2n) is 4.18. The molecule has 0 aromatic heterocycles. The van der Waals surface area contributed by atoms with E-state index in [-0.39, 0.29) is 24.0 Å². The quantitative estimate of drug-likeness (QED) is 0.467. The SMILES string of the molecule is CCCN=C(NCC)N(C)Cc1ccccc1Cl.I. The Morgan fingerprint density at radius 3 is 2.58 bits per heavy atom. The van der Waals surface area contributed by atoms with Gasteiger partial charge in [0.2, 0.25) is 0 Å². The van der Waals surface area contributed by atoms with E-state index < -0.39 is 0 Å². The number of nitrogens with zero attached hydrogens (tertiary/aromatic N) is 2. The fraction of sp³-hybridized carbons (Fsp3) is 0.500. The molecule has 0 aliphatic rings. The Kier molecular flexibility index (Phi) is 10.0. The number of nitrogens with one attached hydrogen (secondary N) is 1. The third-order valence-electron chi connectivity index (χ3n) is 2.55. The summed E-state index contributed by atoms with van der Waals surface area (Å²) in [6.07, 6.45) is 1.05. The molecule has 1 aromatic carbocycles. The number of rotatable bonds is 5. The molecule has 1 rings (SSSR count). The summed E-state index contributed by atoms with van der Waals surface area (Å²) < 4.78 is 0. The molecular weight excluding hydrogens is 373 g/mol. The third-order valence-corrected chi connectivity index (χ3v) is 2.92. The van der Waals surface area contributed by atoms with Crippen LogP contribution in [0.3, 0.4) is 0 Å². The molecule has 0 atom stereocenters. The predicted molar refractivity (Wildman–Crippen MR) is 94.6 cm³/mol. The molecule has 3 nitrogen and oxygen atoms in total. The Morgan fingerprint density at radius 2 is 2.00 bits per heavy atom. The van der Waals surface area contributed by atoms with E-state index in [4.69, 9.17) is 11.6 Å². The summed E-state index contributed by atoms with van der Waals surface area (Å²) in [4.78, 5) is 6.64. The molecule has 0 aliphatic carbocycles. The number of benzene rings is 1. The molecule has 0 spiro atoms. The van der Waals surface area contributed by atoms with Gasteiger partial charge in [0, 0.05) is 31.7 Å². The van der Waals surface area contributed by atoms with Crippen molar-refractivity contribution in [3.8, 4) is 0 Å². The zero-order chi connectivity index (χ0) is 13.4. The van der Waals surface area contributed by atoms with Crippen molar-refractivity contribution < 1.29 is 0 Å². The molecule has 1 aromatic rings. The maximum Gasteiger partial charge on any atom is 0.193 e. The van der Waals surface area contributed by atoms with E-state index in [1.54, 1.807) is 0 Å². The molecule has 19 heavy (non-hydrogen) atoms. The standard InChI is InChI=1S/C14H22ClN3.HI/c1-4-10-17-14(16-5-2)18(3)11-12-8-6-7-9-13(12)15;/h6-9H,4-5,10-11H2,1-3H3,(H,16,17);1H. The monoisotopic (exact) mass is 395 g/mol. The van der Waals surface area contributed by atoms with Crippen LogP contribution in [0.25, 0.3) is 0 Å². The molecule has 0 aliphatic heterocycles. The molecule has 1 N–H and O–H groups in total. The van der Waals surface area contributed by atoms with Crippen molar-refractivity contribution in [2.24, 2.45) is 4.99 Å². The second kappa shape index (κ2) is 10.3. The van der Waals surface area contributed by atoms with Crippen LogP contribution in [0.4, 0.5) is 0 Å². The number of hydrogen-bond acceptors (Lipinski definition) is 1. The molecule has 0 fully saturated rings. The van der Waals surface area contributed by atoms with Crippen LogP contribution in [0.15, 0.2) is 29.3 Å². The van der Waals surface area contributed by atoms with Gasteiger partial charge in [0.1, 0.15) is 0 Å². The molecule has 0 saturated heterocycles. The summed E-state index contributed by atoms with van der Waals surface area (Å²) in [5, 5.41) is 4.09. The van der Waals surface area contributed by atoms with E-state index in [0.29, 0.717) is 0 Å². The Bertz CT molecular complexity index is 396. The minimum absolute atomic E-state index is 0. The van der Waals surface area contributed by atoms with Crippen LogP contribution < -0.4 is 5.32 Å². The highest BCUT2D eigenvalue weighted by atomic mass is 127. The topological polar surface area (TPSA) is 27.6 Å².